The Balaban J connectivity index is 2.22. The van der Waals surface area contributed by atoms with E-state index in [-0.39, 0.29) is 11.6 Å². The Morgan fingerprint density at radius 1 is 1.10 bits per heavy atom. The van der Waals surface area contributed by atoms with E-state index in [1.807, 2.05) is 0 Å². The minimum absolute atomic E-state index is 0.0263. The van der Waals surface area contributed by atoms with Gasteiger partial charge in [0, 0.05) is 6.07 Å². The normalized spacial score (nSPS) is 25.7. The van der Waals surface area contributed by atoms with Crippen LogP contribution in [-0.4, -0.2) is 26.4 Å². The zero-order chi connectivity index (χ0) is 15.6. The lowest BCUT2D eigenvalue weighted by Gasteiger charge is -2.36. The smallest absolute Gasteiger partial charge is 0.202 e. The molecule has 0 unspecified atom stereocenters. The van der Waals surface area contributed by atoms with E-state index in [0.29, 0.717) is 15.8 Å². The Hall–Kier alpha value is -1.99. The summed E-state index contributed by atoms with van der Waals surface area (Å²) in [5, 5.41) is 25.3. The molecule has 1 aromatic rings. The van der Waals surface area contributed by atoms with Crippen LogP contribution in [0.1, 0.15) is 27.7 Å². The zero-order valence-corrected chi connectivity index (χ0v) is 12.3. The van der Waals surface area contributed by atoms with Gasteiger partial charge in [0.1, 0.15) is 5.82 Å². The highest BCUT2D eigenvalue weighted by Gasteiger charge is 2.57. The molecule has 0 atom stereocenters. The highest BCUT2D eigenvalue weighted by atomic mass is 19.1. The molecule has 7 heteroatoms. The Morgan fingerprint density at radius 3 is 2.29 bits per heavy atom. The van der Waals surface area contributed by atoms with Crippen LogP contribution in [0.5, 0.6) is 0 Å². The third-order valence-corrected chi connectivity index (χ3v) is 4.52. The molecule has 2 heterocycles. The largest absolute Gasteiger partial charge is 0.286 e. The van der Waals surface area contributed by atoms with E-state index in [9.17, 15) is 14.8 Å². The molecule has 1 N–H and O–H groups in total. The average molecular weight is 291 g/mol. The molecule has 2 aliphatic rings. The minimum Gasteiger partial charge on any atom is -0.286 e. The van der Waals surface area contributed by atoms with E-state index in [1.54, 1.807) is 27.7 Å². The molecule has 0 spiro atoms. The van der Waals surface area contributed by atoms with Crippen LogP contribution < -0.4 is 10.7 Å². The summed E-state index contributed by atoms with van der Waals surface area (Å²) in [6.07, 6.45) is 0. The molecule has 1 radical (unpaired) electrons. The maximum atomic E-state index is 13.2. The lowest BCUT2D eigenvalue weighted by molar-refractivity contribution is -0.182. The Kier molecular flexibility index (Phi) is 2.67. The van der Waals surface area contributed by atoms with Crippen molar-refractivity contribution in [2.75, 3.05) is 0 Å². The Labute approximate surface area is 121 Å². The van der Waals surface area contributed by atoms with Gasteiger partial charge in [-0.25, -0.2) is 19.4 Å². The van der Waals surface area contributed by atoms with Gasteiger partial charge in [0.2, 0.25) is 5.82 Å². The first-order valence-corrected chi connectivity index (χ1v) is 6.60. The van der Waals surface area contributed by atoms with Crippen molar-refractivity contribution >= 4 is 0 Å². The minimum atomic E-state index is -0.866. The van der Waals surface area contributed by atoms with Gasteiger partial charge in [-0.1, -0.05) is 5.21 Å². The van der Waals surface area contributed by atoms with Crippen molar-refractivity contribution in [3.63, 3.8) is 0 Å². The standard InChI is InChI=1S/C14H16FN4O2/c1-13(2)14(3,4)19(21)12(18(13)20)11-16-9-6-5-8(15)7-10(9)17-11/h5-7,20H,1-4H3/b12-11-. The zero-order valence-electron chi connectivity index (χ0n) is 12.3. The van der Waals surface area contributed by atoms with Crippen molar-refractivity contribution in [3.8, 4) is 0 Å². The van der Waals surface area contributed by atoms with Crippen LogP contribution >= 0.6 is 0 Å². The highest BCUT2D eigenvalue weighted by molar-refractivity contribution is 5.24. The monoisotopic (exact) mass is 291 g/mol. The maximum absolute atomic E-state index is 13.2. The van der Waals surface area contributed by atoms with Gasteiger partial charge in [-0.15, -0.1) is 0 Å². The van der Waals surface area contributed by atoms with E-state index < -0.39 is 16.9 Å². The van der Waals surface area contributed by atoms with Crippen LogP contribution in [0.2, 0.25) is 0 Å². The van der Waals surface area contributed by atoms with Crippen LogP contribution in [0.4, 0.5) is 4.39 Å². The number of hydrogen-bond donors (Lipinski definition) is 1. The van der Waals surface area contributed by atoms with Gasteiger partial charge in [-0.2, -0.15) is 5.06 Å². The summed E-state index contributed by atoms with van der Waals surface area (Å²) in [4.78, 5) is 8.37. The Bertz CT molecular complexity index is 748. The highest BCUT2D eigenvalue weighted by Crippen LogP contribution is 2.44. The molecule has 0 saturated carbocycles. The predicted octanol–water partition coefficient (Wildman–Crippen LogP) is 1.11. The summed E-state index contributed by atoms with van der Waals surface area (Å²) in [6, 6.07) is 4.01. The molecule has 3 rings (SSSR count). The van der Waals surface area contributed by atoms with Crippen LogP contribution in [-0.2, 0) is 5.21 Å². The van der Waals surface area contributed by atoms with Crippen LogP contribution in [0.25, 0.3) is 0 Å². The SMILES string of the molecule is CC1(C)N([O])/C(=C2/N=c3ccc(F)cc3=N2)N(O)C1(C)C. The molecule has 1 aromatic carbocycles. The van der Waals surface area contributed by atoms with Gasteiger partial charge in [-0.3, -0.25) is 5.21 Å². The average Bonchev–Trinajstić information content (AvgIpc) is 2.84. The second-order valence-electron chi connectivity index (χ2n) is 6.23. The van der Waals surface area contributed by atoms with Crippen molar-refractivity contribution < 1.29 is 14.8 Å². The fourth-order valence-corrected chi connectivity index (χ4v) is 2.34. The van der Waals surface area contributed by atoms with E-state index in [0.717, 1.165) is 5.06 Å². The molecule has 0 amide bonds. The van der Waals surface area contributed by atoms with Crippen LogP contribution in [0.3, 0.4) is 0 Å². The number of benzene rings is 1. The lowest BCUT2D eigenvalue weighted by atomic mass is 9.84. The molecule has 0 bridgehead atoms. The fraction of sp³-hybridized carbons (Fsp3) is 0.429. The quantitative estimate of drug-likeness (QED) is 0.778. The summed E-state index contributed by atoms with van der Waals surface area (Å²) in [6.45, 7) is 6.98. The van der Waals surface area contributed by atoms with E-state index in [2.05, 4.69) is 9.98 Å². The van der Waals surface area contributed by atoms with Gasteiger partial charge >= 0.3 is 0 Å². The topological polar surface area (TPSA) is 71.3 Å². The third-order valence-electron chi connectivity index (χ3n) is 4.52. The Morgan fingerprint density at radius 2 is 1.71 bits per heavy atom. The van der Waals surface area contributed by atoms with E-state index in [4.69, 9.17) is 0 Å². The number of nitrogens with zero attached hydrogens (tertiary/aromatic N) is 4. The first kappa shape index (κ1) is 14.0. The van der Waals surface area contributed by atoms with Gasteiger partial charge in [0.25, 0.3) is 0 Å². The summed E-state index contributed by atoms with van der Waals surface area (Å²) >= 11 is 0. The molecular formula is C14H16FN4O2. The number of fused-ring (bicyclic) bond motifs is 1. The third kappa shape index (κ3) is 1.71. The van der Waals surface area contributed by atoms with Gasteiger partial charge in [0.05, 0.1) is 21.8 Å². The van der Waals surface area contributed by atoms with E-state index in [1.165, 1.54) is 18.2 Å². The molecule has 111 valence electrons. The lowest BCUT2D eigenvalue weighted by Crippen LogP contribution is -2.52. The predicted molar refractivity (Wildman–Crippen MR) is 70.0 cm³/mol. The summed E-state index contributed by atoms with van der Waals surface area (Å²) < 4.78 is 13.2. The fourth-order valence-electron chi connectivity index (χ4n) is 2.34. The van der Waals surface area contributed by atoms with Crippen LogP contribution in [0.15, 0.2) is 39.8 Å². The first-order valence-electron chi connectivity index (χ1n) is 6.60. The summed E-state index contributed by atoms with van der Waals surface area (Å²) in [5.41, 5.74) is -1.68. The first-order chi connectivity index (χ1) is 9.66. The van der Waals surface area contributed by atoms with Gasteiger partial charge in [-0.05, 0) is 39.8 Å². The number of hydroxylamine groups is 4. The molecule has 0 aromatic heterocycles. The molecule has 1 saturated heterocycles. The molecule has 1 fully saturated rings. The molecule has 0 aliphatic carbocycles. The van der Waals surface area contributed by atoms with Gasteiger partial charge < -0.3 is 0 Å². The molecular weight excluding hydrogens is 275 g/mol. The number of halogens is 1. The van der Waals surface area contributed by atoms with Crippen molar-refractivity contribution in [1.82, 2.24) is 10.1 Å². The van der Waals surface area contributed by atoms with Crippen LogP contribution in [0, 0.1) is 5.82 Å². The van der Waals surface area contributed by atoms with Gasteiger partial charge in [0.15, 0.2) is 5.82 Å². The summed E-state index contributed by atoms with van der Waals surface area (Å²) in [5.74, 6) is -0.362. The van der Waals surface area contributed by atoms with E-state index >= 15 is 0 Å². The number of rotatable bonds is 0. The molecule has 6 nitrogen and oxygen atoms in total. The van der Waals surface area contributed by atoms with Crippen molar-refractivity contribution in [3.05, 3.63) is 46.4 Å². The van der Waals surface area contributed by atoms with Crippen molar-refractivity contribution in [2.45, 2.75) is 38.8 Å². The number of hydrogen-bond acceptors (Lipinski definition) is 5. The second-order valence-corrected chi connectivity index (χ2v) is 6.23. The maximum Gasteiger partial charge on any atom is 0.202 e. The second kappa shape index (κ2) is 4.02. The molecule has 2 aliphatic heterocycles. The molecule has 21 heavy (non-hydrogen) atoms. The van der Waals surface area contributed by atoms with Crippen molar-refractivity contribution in [2.24, 2.45) is 9.98 Å². The van der Waals surface area contributed by atoms with Crippen molar-refractivity contribution in [1.29, 1.82) is 0 Å². The summed E-state index contributed by atoms with van der Waals surface area (Å²) in [7, 11) is 0.